The Balaban J connectivity index is 2.63. The predicted molar refractivity (Wildman–Crippen MR) is 64.7 cm³/mol. The van der Waals surface area contributed by atoms with Crippen LogP contribution in [-0.4, -0.2) is 16.5 Å². The van der Waals surface area contributed by atoms with Crippen LogP contribution in [0.5, 0.6) is 0 Å². The highest BCUT2D eigenvalue weighted by Gasteiger charge is 2.21. The minimum Gasteiger partial charge on any atom is -0.529 e. The molecular formula is C12H18O2Si. The van der Waals surface area contributed by atoms with E-state index in [2.05, 4.69) is 26.0 Å². The highest BCUT2D eigenvalue weighted by molar-refractivity contribution is 6.05. The highest BCUT2D eigenvalue weighted by atomic mass is 28.2. The molecule has 2 nitrogen and oxygen atoms in total. The van der Waals surface area contributed by atoms with E-state index in [0.717, 1.165) is 6.42 Å². The van der Waals surface area contributed by atoms with Crippen molar-refractivity contribution in [2.45, 2.75) is 32.1 Å². The number of carbonyl (C=O) groups is 1. The molecule has 0 unspecified atom stereocenters. The van der Waals surface area contributed by atoms with E-state index in [-0.39, 0.29) is 11.4 Å². The van der Waals surface area contributed by atoms with E-state index in [1.807, 2.05) is 18.2 Å². The van der Waals surface area contributed by atoms with Crippen molar-refractivity contribution < 1.29 is 9.22 Å². The minimum absolute atomic E-state index is 0.0387. The van der Waals surface area contributed by atoms with Crippen molar-refractivity contribution in [3.8, 4) is 0 Å². The Morgan fingerprint density at radius 3 is 2.47 bits per heavy atom. The summed E-state index contributed by atoms with van der Waals surface area (Å²) in [5.74, 6) is -0.0781. The van der Waals surface area contributed by atoms with Gasteiger partial charge in [0.1, 0.15) is 0 Å². The van der Waals surface area contributed by atoms with Crippen molar-refractivity contribution in [2.24, 2.45) is 0 Å². The molecule has 0 aliphatic carbocycles. The summed E-state index contributed by atoms with van der Waals surface area (Å²) < 4.78 is 4.78. The zero-order chi connectivity index (χ0) is 11.3. The molecule has 1 aromatic carbocycles. The minimum atomic E-state index is -0.0781. The Bertz CT molecular complexity index is 320. The maximum Gasteiger partial charge on any atom is 0.291 e. The van der Waals surface area contributed by atoms with Crippen molar-refractivity contribution in [1.82, 2.24) is 0 Å². The van der Waals surface area contributed by atoms with E-state index < -0.39 is 0 Å². The molecular weight excluding hydrogens is 204 g/mol. The maximum atomic E-state index is 11.1. The lowest BCUT2D eigenvalue weighted by atomic mass is 9.81. The van der Waals surface area contributed by atoms with Gasteiger partial charge in [0.2, 0.25) is 10.5 Å². The van der Waals surface area contributed by atoms with Gasteiger partial charge in [-0.05, 0) is 17.4 Å². The standard InChI is InChI=1S/C12H18O2Si/c1-12(2,9-8-11(13)14-15)10-6-4-3-5-7-10/h3-7H,8-9H2,1-2,15H3. The Hall–Kier alpha value is -1.09. The Morgan fingerprint density at radius 1 is 1.33 bits per heavy atom. The van der Waals surface area contributed by atoms with E-state index in [1.165, 1.54) is 5.56 Å². The molecule has 0 amide bonds. The largest absolute Gasteiger partial charge is 0.529 e. The van der Waals surface area contributed by atoms with E-state index in [4.69, 9.17) is 4.43 Å². The van der Waals surface area contributed by atoms with Crippen LogP contribution in [0.1, 0.15) is 32.3 Å². The SMILES string of the molecule is CC(C)(CCC(=O)O[SiH3])c1ccccc1. The summed E-state index contributed by atoms with van der Waals surface area (Å²) in [5.41, 5.74) is 1.31. The molecule has 82 valence electrons. The van der Waals surface area contributed by atoms with Crippen LogP contribution in [-0.2, 0) is 14.6 Å². The first kappa shape index (κ1) is 12.0. The third-order valence-electron chi connectivity index (χ3n) is 2.74. The Labute approximate surface area is 94.2 Å². The summed E-state index contributed by atoms with van der Waals surface area (Å²) in [7, 11) is 0.495. The van der Waals surface area contributed by atoms with Gasteiger partial charge in [-0.25, -0.2) is 0 Å². The van der Waals surface area contributed by atoms with Crippen LogP contribution in [0.25, 0.3) is 0 Å². The third kappa shape index (κ3) is 3.51. The second kappa shape index (κ2) is 5.12. The van der Waals surface area contributed by atoms with Gasteiger partial charge >= 0.3 is 0 Å². The van der Waals surface area contributed by atoms with Gasteiger partial charge in [0.05, 0.1) is 0 Å². The Morgan fingerprint density at radius 2 is 1.93 bits per heavy atom. The Kier molecular flexibility index (Phi) is 4.09. The van der Waals surface area contributed by atoms with Crippen LogP contribution >= 0.6 is 0 Å². The average molecular weight is 222 g/mol. The van der Waals surface area contributed by atoms with Gasteiger partial charge < -0.3 is 4.43 Å². The molecule has 0 aliphatic rings. The lowest BCUT2D eigenvalue weighted by molar-refractivity contribution is -0.134. The second-order valence-corrected chi connectivity index (χ2v) is 4.73. The lowest BCUT2D eigenvalue weighted by Gasteiger charge is -2.24. The second-order valence-electron chi connectivity index (χ2n) is 4.33. The average Bonchev–Trinajstić information content (AvgIpc) is 2.27. The molecule has 0 N–H and O–H groups in total. The monoisotopic (exact) mass is 222 g/mol. The third-order valence-corrected chi connectivity index (χ3v) is 3.19. The summed E-state index contributed by atoms with van der Waals surface area (Å²) in [4.78, 5) is 11.1. The maximum absolute atomic E-state index is 11.1. The van der Waals surface area contributed by atoms with Gasteiger partial charge in [0.15, 0.2) is 0 Å². The zero-order valence-electron chi connectivity index (χ0n) is 9.62. The van der Waals surface area contributed by atoms with Gasteiger partial charge in [0, 0.05) is 6.42 Å². The molecule has 0 radical (unpaired) electrons. The highest BCUT2D eigenvalue weighted by Crippen LogP contribution is 2.28. The molecule has 0 atom stereocenters. The van der Waals surface area contributed by atoms with Crippen LogP contribution in [0.3, 0.4) is 0 Å². The zero-order valence-corrected chi connectivity index (χ0v) is 11.6. The van der Waals surface area contributed by atoms with E-state index in [1.54, 1.807) is 0 Å². The van der Waals surface area contributed by atoms with Crippen molar-refractivity contribution in [3.05, 3.63) is 35.9 Å². The molecule has 0 spiro atoms. The molecule has 0 aromatic heterocycles. The number of hydrogen-bond acceptors (Lipinski definition) is 2. The summed E-state index contributed by atoms with van der Waals surface area (Å²) >= 11 is 0. The van der Waals surface area contributed by atoms with E-state index in [9.17, 15) is 4.79 Å². The van der Waals surface area contributed by atoms with Crippen LogP contribution < -0.4 is 0 Å². The van der Waals surface area contributed by atoms with Crippen molar-refractivity contribution in [1.29, 1.82) is 0 Å². The number of benzene rings is 1. The molecule has 0 heterocycles. The molecule has 3 heteroatoms. The molecule has 1 rings (SSSR count). The number of rotatable bonds is 4. The van der Waals surface area contributed by atoms with Gasteiger partial charge in [-0.15, -0.1) is 0 Å². The van der Waals surface area contributed by atoms with E-state index in [0.29, 0.717) is 16.9 Å². The van der Waals surface area contributed by atoms with E-state index >= 15 is 0 Å². The lowest BCUT2D eigenvalue weighted by Crippen LogP contribution is -2.19. The van der Waals surface area contributed by atoms with Crippen molar-refractivity contribution in [3.63, 3.8) is 0 Å². The molecule has 15 heavy (non-hydrogen) atoms. The van der Waals surface area contributed by atoms with Crippen molar-refractivity contribution >= 4 is 16.5 Å². The summed E-state index contributed by atoms with van der Waals surface area (Å²) in [5, 5.41) is 0. The topological polar surface area (TPSA) is 26.3 Å². The van der Waals surface area contributed by atoms with Crippen LogP contribution in [0.4, 0.5) is 0 Å². The molecule has 0 aliphatic heterocycles. The molecule has 0 saturated heterocycles. The smallest absolute Gasteiger partial charge is 0.291 e. The summed E-state index contributed by atoms with van der Waals surface area (Å²) in [6.07, 6.45) is 1.34. The van der Waals surface area contributed by atoms with Crippen LogP contribution in [0, 0.1) is 0 Å². The van der Waals surface area contributed by atoms with Crippen LogP contribution in [0.2, 0.25) is 0 Å². The van der Waals surface area contributed by atoms with Crippen LogP contribution in [0.15, 0.2) is 30.3 Å². The summed E-state index contributed by atoms with van der Waals surface area (Å²) in [6.45, 7) is 4.31. The fourth-order valence-corrected chi connectivity index (χ4v) is 1.75. The first-order valence-electron chi connectivity index (χ1n) is 5.18. The molecule has 0 saturated carbocycles. The predicted octanol–water partition coefficient (Wildman–Crippen LogP) is 1.57. The fourth-order valence-electron chi connectivity index (χ4n) is 1.55. The van der Waals surface area contributed by atoms with Gasteiger partial charge in [-0.1, -0.05) is 44.2 Å². The number of carbonyl (C=O) groups excluding carboxylic acids is 1. The first-order chi connectivity index (χ1) is 7.06. The molecule has 0 bridgehead atoms. The normalized spacial score (nSPS) is 11.3. The first-order valence-corrected chi connectivity index (χ1v) is 6.00. The number of hydrogen-bond donors (Lipinski definition) is 0. The quantitative estimate of drug-likeness (QED) is 0.723. The van der Waals surface area contributed by atoms with Gasteiger partial charge in [-0.3, -0.25) is 4.79 Å². The van der Waals surface area contributed by atoms with Gasteiger partial charge in [-0.2, -0.15) is 0 Å². The van der Waals surface area contributed by atoms with Crippen molar-refractivity contribution in [2.75, 3.05) is 0 Å². The van der Waals surface area contributed by atoms with Gasteiger partial charge in [0.25, 0.3) is 5.97 Å². The molecule has 0 fully saturated rings. The summed E-state index contributed by atoms with van der Waals surface area (Å²) in [6, 6.07) is 10.3. The molecule has 1 aromatic rings. The fraction of sp³-hybridized carbons (Fsp3) is 0.417.